The number of benzene rings is 1. The Morgan fingerprint density at radius 2 is 1.79 bits per heavy atom. The SMILES string of the molecule is CC(C)C[C@H](N)C(=O)N(C)CCN1CCN(c2ccccc2)CC1. The van der Waals surface area contributed by atoms with Gasteiger partial charge in [-0.05, 0) is 24.5 Å². The van der Waals surface area contributed by atoms with E-state index in [2.05, 4.69) is 54.0 Å². The third-order valence-corrected chi connectivity index (χ3v) is 4.66. The summed E-state index contributed by atoms with van der Waals surface area (Å²) in [6.07, 6.45) is 0.749. The van der Waals surface area contributed by atoms with Crippen LogP contribution >= 0.6 is 0 Å². The summed E-state index contributed by atoms with van der Waals surface area (Å²) in [6.45, 7) is 10.0. The Morgan fingerprint density at radius 1 is 1.17 bits per heavy atom. The van der Waals surface area contributed by atoms with Gasteiger partial charge in [0, 0.05) is 52.0 Å². The molecule has 0 radical (unpaired) electrons. The maximum atomic E-state index is 12.3. The van der Waals surface area contributed by atoms with Crippen molar-refractivity contribution in [2.75, 3.05) is 51.2 Å². The number of amides is 1. The van der Waals surface area contributed by atoms with E-state index in [0.29, 0.717) is 5.92 Å². The highest BCUT2D eigenvalue weighted by Gasteiger charge is 2.21. The smallest absolute Gasteiger partial charge is 0.239 e. The molecule has 1 saturated heterocycles. The van der Waals surface area contributed by atoms with E-state index < -0.39 is 0 Å². The molecule has 1 aromatic carbocycles. The van der Waals surface area contributed by atoms with Crippen LogP contribution in [0.25, 0.3) is 0 Å². The van der Waals surface area contributed by atoms with Crippen LogP contribution in [0.5, 0.6) is 0 Å². The van der Waals surface area contributed by atoms with Crippen molar-refractivity contribution >= 4 is 11.6 Å². The minimum absolute atomic E-state index is 0.0617. The predicted molar refractivity (Wildman–Crippen MR) is 100 cm³/mol. The second-order valence-corrected chi connectivity index (χ2v) is 7.16. The maximum Gasteiger partial charge on any atom is 0.239 e. The minimum Gasteiger partial charge on any atom is -0.369 e. The number of carbonyl (C=O) groups excluding carboxylic acids is 1. The molecule has 0 aliphatic carbocycles. The van der Waals surface area contributed by atoms with Gasteiger partial charge in [-0.25, -0.2) is 0 Å². The van der Waals surface area contributed by atoms with Gasteiger partial charge in [0.15, 0.2) is 0 Å². The van der Waals surface area contributed by atoms with E-state index in [1.807, 2.05) is 7.05 Å². The number of nitrogens with zero attached hydrogens (tertiary/aromatic N) is 3. The van der Waals surface area contributed by atoms with E-state index in [1.54, 1.807) is 4.90 Å². The molecule has 1 aromatic rings. The zero-order chi connectivity index (χ0) is 17.5. The summed E-state index contributed by atoms with van der Waals surface area (Å²) < 4.78 is 0. The summed E-state index contributed by atoms with van der Waals surface area (Å²) in [5, 5.41) is 0. The quantitative estimate of drug-likeness (QED) is 0.825. The van der Waals surface area contributed by atoms with Crippen LogP contribution in [0.4, 0.5) is 5.69 Å². The van der Waals surface area contributed by atoms with Crippen LogP contribution in [0.15, 0.2) is 30.3 Å². The standard InChI is InChI=1S/C19H32N4O/c1-16(2)15-18(20)19(24)21(3)9-10-22-11-13-23(14-12-22)17-7-5-4-6-8-17/h4-8,16,18H,9-15,20H2,1-3H3/t18-/m0/s1. The molecule has 0 unspecified atom stereocenters. The Kier molecular flexibility index (Phi) is 7.06. The summed E-state index contributed by atoms with van der Waals surface area (Å²) in [5.74, 6) is 0.509. The van der Waals surface area contributed by atoms with Gasteiger partial charge in [-0.2, -0.15) is 0 Å². The van der Waals surface area contributed by atoms with Gasteiger partial charge in [-0.3, -0.25) is 9.69 Å². The van der Waals surface area contributed by atoms with E-state index in [1.165, 1.54) is 5.69 Å². The van der Waals surface area contributed by atoms with Crippen LogP contribution in [0.1, 0.15) is 20.3 Å². The fourth-order valence-electron chi connectivity index (χ4n) is 3.16. The van der Waals surface area contributed by atoms with Crippen molar-refractivity contribution in [2.24, 2.45) is 11.7 Å². The number of hydrogen-bond donors (Lipinski definition) is 1. The summed E-state index contributed by atoms with van der Waals surface area (Å²) in [6, 6.07) is 10.2. The molecular weight excluding hydrogens is 300 g/mol. The van der Waals surface area contributed by atoms with Crippen molar-refractivity contribution in [3.63, 3.8) is 0 Å². The fraction of sp³-hybridized carbons (Fsp3) is 0.632. The lowest BCUT2D eigenvalue weighted by atomic mass is 10.0. The molecule has 24 heavy (non-hydrogen) atoms. The molecule has 1 aliphatic heterocycles. The summed E-state index contributed by atoms with van der Waals surface area (Å²) in [4.78, 5) is 18.9. The molecule has 1 aliphatic rings. The van der Waals surface area contributed by atoms with Crippen LogP contribution in [0.3, 0.4) is 0 Å². The Balaban J connectivity index is 1.71. The Bertz CT molecular complexity index is 497. The number of anilines is 1. The molecule has 0 saturated carbocycles. The predicted octanol–water partition coefficient (Wildman–Crippen LogP) is 1.64. The number of nitrogens with two attached hydrogens (primary N) is 1. The average Bonchev–Trinajstić information content (AvgIpc) is 2.59. The highest BCUT2D eigenvalue weighted by Crippen LogP contribution is 2.15. The molecule has 1 atom stereocenters. The first-order valence-electron chi connectivity index (χ1n) is 9.00. The molecule has 0 spiro atoms. The maximum absolute atomic E-state index is 12.3. The van der Waals surface area contributed by atoms with E-state index in [0.717, 1.165) is 45.7 Å². The molecule has 0 bridgehead atoms. The second-order valence-electron chi connectivity index (χ2n) is 7.16. The molecule has 2 N–H and O–H groups in total. The Morgan fingerprint density at radius 3 is 2.38 bits per heavy atom. The van der Waals surface area contributed by atoms with Gasteiger partial charge in [0.2, 0.25) is 5.91 Å². The first-order chi connectivity index (χ1) is 11.5. The lowest BCUT2D eigenvalue weighted by molar-refractivity contribution is -0.131. The highest BCUT2D eigenvalue weighted by molar-refractivity contribution is 5.81. The Hall–Kier alpha value is -1.59. The van der Waals surface area contributed by atoms with Gasteiger partial charge in [-0.15, -0.1) is 0 Å². The van der Waals surface area contributed by atoms with Gasteiger partial charge < -0.3 is 15.5 Å². The fourth-order valence-corrected chi connectivity index (χ4v) is 3.16. The molecular formula is C19H32N4O. The lowest BCUT2D eigenvalue weighted by Crippen LogP contribution is -2.50. The monoisotopic (exact) mass is 332 g/mol. The van der Waals surface area contributed by atoms with Crippen molar-refractivity contribution in [3.05, 3.63) is 30.3 Å². The zero-order valence-electron chi connectivity index (χ0n) is 15.3. The number of hydrogen-bond acceptors (Lipinski definition) is 4. The van der Waals surface area contributed by atoms with Gasteiger partial charge in [0.25, 0.3) is 0 Å². The molecule has 2 rings (SSSR count). The first-order valence-corrected chi connectivity index (χ1v) is 9.00. The van der Waals surface area contributed by atoms with Gasteiger partial charge in [0.05, 0.1) is 6.04 Å². The summed E-state index contributed by atoms with van der Waals surface area (Å²) >= 11 is 0. The normalized spacial score (nSPS) is 17.1. The van der Waals surface area contributed by atoms with Gasteiger partial charge >= 0.3 is 0 Å². The number of carbonyl (C=O) groups is 1. The van der Waals surface area contributed by atoms with Crippen LogP contribution in [0.2, 0.25) is 0 Å². The number of rotatable bonds is 7. The van der Waals surface area contributed by atoms with E-state index in [-0.39, 0.29) is 11.9 Å². The van der Waals surface area contributed by atoms with Gasteiger partial charge in [-0.1, -0.05) is 32.0 Å². The van der Waals surface area contributed by atoms with E-state index in [4.69, 9.17) is 5.73 Å². The zero-order valence-corrected chi connectivity index (χ0v) is 15.3. The molecule has 1 fully saturated rings. The van der Waals surface area contributed by atoms with Crippen molar-refractivity contribution in [1.29, 1.82) is 0 Å². The van der Waals surface area contributed by atoms with E-state index in [9.17, 15) is 4.79 Å². The Labute approximate surface area is 146 Å². The van der Waals surface area contributed by atoms with Crippen molar-refractivity contribution in [2.45, 2.75) is 26.3 Å². The molecule has 5 nitrogen and oxygen atoms in total. The average molecular weight is 332 g/mol. The summed E-state index contributed by atoms with van der Waals surface area (Å²) in [7, 11) is 1.86. The molecule has 0 aromatic heterocycles. The van der Waals surface area contributed by atoms with Crippen molar-refractivity contribution < 1.29 is 4.79 Å². The third kappa shape index (κ3) is 5.49. The largest absolute Gasteiger partial charge is 0.369 e. The first kappa shape index (κ1) is 18.7. The minimum atomic E-state index is -0.370. The van der Waals surface area contributed by atoms with Crippen molar-refractivity contribution in [3.8, 4) is 0 Å². The van der Waals surface area contributed by atoms with Crippen LogP contribution in [-0.4, -0.2) is 68.1 Å². The van der Waals surface area contributed by atoms with Crippen LogP contribution < -0.4 is 10.6 Å². The lowest BCUT2D eigenvalue weighted by Gasteiger charge is -2.36. The van der Waals surface area contributed by atoms with Gasteiger partial charge in [0.1, 0.15) is 0 Å². The van der Waals surface area contributed by atoms with Crippen LogP contribution in [0, 0.1) is 5.92 Å². The molecule has 5 heteroatoms. The molecule has 134 valence electrons. The molecule has 1 heterocycles. The number of piperazine rings is 1. The second kappa shape index (κ2) is 9.04. The van der Waals surface area contributed by atoms with E-state index >= 15 is 0 Å². The number of likely N-dealkylation sites (N-methyl/N-ethyl adjacent to an activating group) is 1. The van der Waals surface area contributed by atoms with Crippen molar-refractivity contribution in [1.82, 2.24) is 9.80 Å². The highest BCUT2D eigenvalue weighted by atomic mass is 16.2. The topological polar surface area (TPSA) is 52.8 Å². The number of para-hydroxylation sites is 1. The summed E-state index contributed by atoms with van der Waals surface area (Å²) in [5.41, 5.74) is 7.29. The molecule has 1 amide bonds. The van der Waals surface area contributed by atoms with Crippen LogP contribution in [-0.2, 0) is 4.79 Å². The third-order valence-electron chi connectivity index (χ3n) is 4.66.